The second-order valence-electron chi connectivity index (χ2n) is 14.9. The number of aryl methyl sites for hydroxylation is 1. The van der Waals surface area contributed by atoms with E-state index in [1.807, 2.05) is 39.2 Å². The van der Waals surface area contributed by atoms with E-state index in [0.717, 1.165) is 11.1 Å². The average molecular weight is 737 g/mol. The lowest BCUT2D eigenvalue weighted by Crippen LogP contribution is -2.62. The summed E-state index contributed by atoms with van der Waals surface area (Å²) in [4.78, 5) is 90.5. The fraction of sp³-hybridized carbons (Fsp3) is 0.513. The topological polar surface area (TPSA) is 209 Å². The normalized spacial score (nSPS) is 14.2. The van der Waals surface area contributed by atoms with Gasteiger partial charge in [0.2, 0.25) is 29.9 Å². The molecule has 0 spiro atoms. The van der Waals surface area contributed by atoms with Crippen LogP contribution < -0.4 is 26.6 Å². The largest absolute Gasteiger partial charge is 0.481 e. The Morgan fingerprint density at radius 1 is 0.755 bits per heavy atom. The van der Waals surface area contributed by atoms with Crippen LogP contribution in [0, 0.1) is 24.2 Å². The standard InChI is InChI=1S/C39H54N5O9/c1-23(2)18-28(21-45)40-37(51)33(39(6,7)8)44-35(49)29(19-27-17-13-12-14-25(27)5)41-36(50)32(24(3)4)43-34(48)30(20-31(46)47)42-38(52)53-22-26-15-10-9-11-16-26/h9-17,23-24,28-30,32-33H,18-20,22H2,1-8H3,(H,40,51)(H,41,50)(H,42,52)(H,43,48)(H,44,49)(H,46,47)/t28-,29-,30-,32+,33+/m0/s1. The Balaban J connectivity index is 2.32. The Kier molecular flexibility index (Phi) is 17.1. The molecule has 53 heavy (non-hydrogen) atoms. The van der Waals surface area contributed by atoms with Crippen molar-refractivity contribution in [2.75, 3.05) is 0 Å². The van der Waals surface area contributed by atoms with Crippen LogP contribution in [-0.2, 0) is 46.5 Å². The van der Waals surface area contributed by atoms with Crippen LogP contribution in [0.5, 0.6) is 0 Å². The Hall–Kier alpha value is -5.27. The van der Waals surface area contributed by atoms with Gasteiger partial charge in [0.1, 0.15) is 30.8 Å². The number of aliphatic carboxylic acids is 1. The molecule has 2 aromatic rings. The highest BCUT2D eigenvalue weighted by Gasteiger charge is 2.37. The van der Waals surface area contributed by atoms with E-state index in [2.05, 4.69) is 26.6 Å². The Morgan fingerprint density at radius 3 is 1.91 bits per heavy atom. The SMILES string of the molecule is Cc1ccccc1C[C@H](NC(=O)[C@H](NC(=O)[C@H](CC(=O)O)NC(=O)OCc1ccccc1)C(C)C)C(=O)N[C@H](C(=O)N[C@H]([C]=O)CC(C)C)C(C)(C)C. The molecular weight excluding hydrogens is 682 g/mol. The molecule has 0 saturated heterocycles. The van der Waals surface area contributed by atoms with Crippen LogP contribution in [0.25, 0.3) is 0 Å². The molecule has 2 aromatic carbocycles. The van der Waals surface area contributed by atoms with Gasteiger partial charge < -0.3 is 36.4 Å². The van der Waals surface area contributed by atoms with Gasteiger partial charge >= 0.3 is 12.1 Å². The number of carboxylic acids is 1. The maximum atomic E-state index is 14.0. The van der Waals surface area contributed by atoms with Crippen molar-refractivity contribution in [3.8, 4) is 0 Å². The second-order valence-corrected chi connectivity index (χ2v) is 14.9. The van der Waals surface area contributed by atoms with Gasteiger partial charge in [-0.2, -0.15) is 0 Å². The van der Waals surface area contributed by atoms with Crippen molar-refractivity contribution in [2.24, 2.45) is 17.3 Å². The number of hydrogen-bond donors (Lipinski definition) is 6. The molecule has 6 N–H and O–H groups in total. The van der Waals surface area contributed by atoms with Gasteiger partial charge in [-0.1, -0.05) is 103 Å². The molecule has 5 atom stereocenters. The molecule has 0 aliphatic heterocycles. The van der Waals surface area contributed by atoms with E-state index in [9.17, 15) is 38.7 Å². The summed E-state index contributed by atoms with van der Waals surface area (Å²) in [5, 5.41) is 22.4. The Labute approximate surface area is 311 Å². The first-order valence-corrected chi connectivity index (χ1v) is 17.6. The van der Waals surface area contributed by atoms with Gasteiger partial charge in [0.15, 0.2) is 0 Å². The van der Waals surface area contributed by atoms with Crippen molar-refractivity contribution in [3.05, 3.63) is 71.3 Å². The molecule has 2 rings (SSSR count). The van der Waals surface area contributed by atoms with Gasteiger partial charge in [-0.3, -0.25) is 28.8 Å². The van der Waals surface area contributed by atoms with Crippen molar-refractivity contribution in [1.29, 1.82) is 0 Å². The number of hydrogen-bond acceptors (Lipinski definition) is 8. The van der Waals surface area contributed by atoms with Crippen LogP contribution in [0.2, 0.25) is 0 Å². The molecule has 0 fully saturated rings. The summed E-state index contributed by atoms with van der Waals surface area (Å²) in [7, 11) is 0. The molecule has 5 amide bonds. The van der Waals surface area contributed by atoms with Crippen LogP contribution in [0.1, 0.15) is 78.0 Å². The van der Waals surface area contributed by atoms with Crippen molar-refractivity contribution >= 4 is 42.0 Å². The summed E-state index contributed by atoms with van der Waals surface area (Å²) in [5.41, 5.74) is 1.44. The molecule has 14 heteroatoms. The number of carbonyl (C=O) groups is 6. The minimum Gasteiger partial charge on any atom is -0.481 e. The first kappa shape index (κ1) is 43.9. The van der Waals surface area contributed by atoms with Crippen molar-refractivity contribution in [1.82, 2.24) is 26.6 Å². The molecule has 0 heterocycles. The Morgan fingerprint density at radius 2 is 1.36 bits per heavy atom. The summed E-state index contributed by atoms with van der Waals surface area (Å²) in [6.07, 6.45) is 0.389. The van der Waals surface area contributed by atoms with E-state index in [4.69, 9.17) is 4.74 Å². The fourth-order valence-corrected chi connectivity index (χ4v) is 5.39. The summed E-state index contributed by atoms with van der Waals surface area (Å²) in [6.45, 7) is 14.1. The molecular formula is C39H54N5O9. The van der Waals surface area contributed by atoms with E-state index in [1.165, 1.54) is 0 Å². The molecule has 0 aliphatic carbocycles. The molecule has 289 valence electrons. The zero-order chi connectivity index (χ0) is 39.9. The number of ether oxygens (including phenoxy) is 1. The van der Waals surface area contributed by atoms with Gasteiger partial charge in [0.25, 0.3) is 0 Å². The maximum Gasteiger partial charge on any atom is 0.408 e. The third-order valence-electron chi connectivity index (χ3n) is 8.35. The number of benzene rings is 2. The minimum absolute atomic E-state index is 0.0238. The Bertz CT molecular complexity index is 1570. The van der Waals surface area contributed by atoms with Gasteiger partial charge in [0, 0.05) is 6.42 Å². The number of amides is 5. The number of carbonyl (C=O) groups excluding carboxylic acids is 6. The number of alkyl carbamates (subject to hydrolysis) is 1. The zero-order valence-electron chi connectivity index (χ0n) is 31.8. The number of rotatable bonds is 19. The number of carboxylic acid groups (broad SMARTS) is 1. The molecule has 0 aliphatic rings. The average Bonchev–Trinajstić information content (AvgIpc) is 3.07. The van der Waals surface area contributed by atoms with E-state index in [0.29, 0.717) is 12.0 Å². The van der Waals surface area contributed by atoms with Crippen molar-refractivity contribution in [3.63, 3.8) is 0 Å². The summed E-state index contributed by atoms with van der Waals surface area (Å²) in [6, 6.07) is 9.91. The van der Waals surface area contributed by atoms with E-state index >= 15 is 0 Å². The van der Waals surface area contributed by atoms with Crippen molar-refractivity contribution < 1.29 is 43.4 Å². The lowest BCUT2D eigenvalue weighted by atomic mass is 9.85. The predicted molar refractivity (Wildman–Crippen MR) is 198 cm³/mol. The molecule has 14 nitrogen and oxygen atoms in total. The predicted octanol–water partition coefficient (Wildman–Crippen LogP) is 3.10. The third-order valence-corrected chi connectivity index (χ3v) is 8.35. The van der Waals surface area contributed by atoms with Crippen LogP contribution in [-0.4, -0.2) is 77.3 Å². The molecule has 0 aromatic heterocycles. The quantitative estimate of drug-likeness (QED) is 0.125. The van der Waals surface area contributed by atoms with E-state index < -0.39 is 83.7 Å². The highest BCUT2D eigenvalue weighted by atomic mass is 16.5. The third kappa shape index (κ3) is 15.1. The monoisotopic (exact) mass is 736 g/mol. The van der Waals surface area contributed by atoms with Gasteiger partial charge in [-0.25, -0.2) is 4.79 Å². The maximum absolute atomic E-state index is 14.0. The molecule has 0 bridgehead atoms. The van der Waals surface area contributed by atoms with Crippen LogP contribution in [0.4, 0.5) is 4.79 Å². The summed E-state index contributed by atoms with van der Waals surface area (Å²) in [5.74, 6) is -4.83. The highest BCUT2D eigenvalue weighted by Crippen LogP contribution is 2.21. The first-order chi connectivity index (χ1) is 24.8. The lowest BCUT2D eigenvalue weighted by molar-refractivity contribution is -0.140. The highest BCUT2D eigenvalue weighted by molar-refractivity contribution is 5.96. The van der Waals surface area contributed by atoms with Gasteiger partial charge in [0.05, 0.1) is 12.5 Å². The molecule has 1 radical (unpaired) electrons. The fourth-order valence-electron chi connectivity index (χ4n) is 5.39. The van der Waals surface area contributed by atoms with E-state index in [-0.39, 0.29) is 18.9 Å². The van der Waals surface area contributed by atoms with Gasteiger partial charge in [-0.05, 0) is 47.3 Å². The van der Waals surface area contributed by atoms with Crippen molar-refractivity contribution in [2.45, 2.75) is 111 Å². The van der Waals surface area contributed by atoms with Gasteiger partial charge in [-0.15, -0.1) is 0 Å². The van der Waals surface area contributed by atoms with E-state index in [1.54, 1.807) is 77.1 Å². The molecule has 0 saturated carbocycles. The second kappa shape index (κ2) is 20.7. The number of nitrogens with one attached hydrogen (secondary N) is 5. The van der Waals surface area contributed by atoms with Crippen LogP contribution in [0.15, 0.2) is 54.6 Å². The van der Waals surface area contributed by atoms with Crippen LogP contribution in [0.3, 0.4) is 0 Å². The summed E-state index contributed by atoms with van der Waals surface area (Å²) < 4.78 is 5.16. The minimum atomic E-state index is -1.59. The summed E-state index contributed by atoms with van der Waals surface area (Å²) >= 11 is 0. The first-order valence-electron chi connectivity index (χ1n) is 17.6. The lowest BCUT2D eigenvalue weighted by Gasteiger charge is -2.33. The molecule has 0 unspecified atom stereocenters. The van der Waals surface area contributed by atoms with Crippen LogP contribution >= 0.6 is 0 Å². The smallest absolute Gasteiger partial charge is 0.408 e. The zero-order valence-corrected chi connectivity index (χ0v) is 31.8.